The first kappa shape index (κ1) is 8.24. The van der Waals surface area contributed by atoms with Gasteiger partial charge in [0.15, 0.2) is 0 Å². The molecule has 0 aromatic heterocycles. The molecule has 0 aromatic carbocycles. The van der Waals surface area contributed by atoms with E-state index in [-0.39, 0.29) is 6.04 Å². The molecular weight excluding hydrogens is 150 g/mol. The lowest BCUT2D eigenvalue weighted by atomic mass is 9.50. The van der Waals surface area contributed by atoms with Crippen LogP contribution in [-0.4, -0.2) is 18.4 Å². The number of carbonyl (C=O) groups is 1. The number of carbonyl (C=O) groups excluding carboxylic acids is 1. The highest BCUT2D eigenvalue weighted by Gasteiger charge is 2.55. The Morgan fingerprint density at radius 2 is 2.17 bits per heavy atom. The van der Waals surface area contributed by atoms with Crippen molar-refractivity contribution in [3.05, 3.63) is 0 Å². The van der Waals surface area contributed by atoms with E-state index >= 15 is 0 Å². The fraction of sp³-hybridized carbons (Fsp3) is 0.900. The van der Waals surface area contributed by atoms with Crippen molar-refractivity contribution >= 4 is 5.78 Å². The third-order valence-corrected chi connectivity index (χ3v) is 3.97. The third kappa shape index (κ3) is 0.875. The highest BCUT2D eigenvalue weighted by atomic mass is 16.1. The van der Waals surface area contributed by atoms with Crippen LogP contribution in [-0.2, 0) is 4.79 Å². The number of ketones is 1. The largest absolute Gasteiger partial charge is 0.307 e. The molecule has 12 heavy (non-hydrogen) atoms. The van der Waals surface area contributed by atoms with Gasteiger partial charge in [-0.1, -0.05) is 13.8 Å². The van der Waals surface area contributed by atoms with Gasteiger partial charge in [0, 0.05) is 0 Å². The van der Waals surface area contributed by atoms with Gasteiger partial charge in [-0.3, -0.25) is 4.79 Å². The summed E-state index contributed by atoms with van der Waals surface area (Å²) in [6.45, 7) is 7.32. The maximum absolute atomic E-state index is 11.3. The molecule has 2 heterocycles. The first-order chi connectivity index (χ1) is 5.53. The van der Waals surface area contributed by atoms with Gasteiger partial charge in [0.2, 0.25) is 0 Å². The Labute approximate surface area is 73.7 Å². The molecule has 3 rings (SSSR count). The molecule has 68 valence electrons. The highest BCUT2D eigenvalue weighted by Crippen LogP contribution is 2.55. The second-order valence-electron chi connectivity index (χ2n) is 4.86. The molecule has 0 spiro atoms. The van der Waals surface area contributed by atoms with Crippen molar-refractivity contribution in [2.45, 2.75) is 33.2 Å². The maximum Gasteiger partial charge on any atom is 0.146 e. The second-order valence-corrected chi connectivity index (χ2v) is 4.86. The van der Waals surface area contributed by atoms with Gasteiger partial charge in [0.25, 0.3) is 0 Å². The molecule has 2 saturated heterocycles. The Morgan fingerprint density at radius 1 is 1.50 bits per heavy atom. The predicted octanol–water partition coefficient (Wildman–Crippen LogP) is 1.21. The van der Waals surface area contributed by atoms with Crippen molar-refractivity contribution in [2.24, 2.45) is 17.3 Å². The number of hydrogen-bond acceptors (Lipinski definition) is 2. The van der Waals surface area contributed by atoms with Crippen LogP contribution < -0.4 is 5.32 Å². The van der Waals surface area contributed by atoms with E-state index in [1.165, 1.54) is 6.42 Å². The zero-order valence-electron chi connectivity index (χ0n) is 8.05. The summed E-state index contributed by atoms with van der Waals surface area (Å²) in [4.78, 5) is 11.3. The molecule has 2 unspecified atom stereocenters. The van der Waals surface area contributed by atoms with E-state index in [0.717, 1.165) is 12.5 Å². The maximum atomic E-state index is 11.3. The quantitative estimate of drug-likeness (QED) is 0.636. The van der Waals surface area contributed by atoms with Crippen molar-refractivity contribution in [3.8, 4) is 0 Å². The first-order valence-corrected chi connectivity index (χ1v) is 4.77. The van der Waals surface area contributed by atoms with Gasteiger partial charge in [-0.25, -0.2) is 0 Å². The zero-order valence-corrected chi connectivity index (χ0v) is 8.05. The van der Waals surface area contributed by atoms with Crippen LogP contribution in [0.1, 0.15) is 27.2 Å². The molecule has 0 aromatic rings. The third-order valence-electron chi connectivity index (χ3n) is 3.97. The normalized spacial score (nSPS) is 43.4. The molecule has 3 aliphatic rings. The molecule has 0 radical (unpaired) electrons. The lowest BCUT2D eigenvalue weighted by Crippen LogP contribution is -2.65. The van der Waals surface area contributed by atoms with E-state index < -0.39 is 0 Å². The lowest BCUT2D eigenvalue weighted by molar-refractivity contribution is -0.134. The monoisotopic (exact) mass is 167 g/mol. The van der Waals surface area contributed by atoms with Gasteiger partial charge in [-0.2, -0.15) is 0 Å². The summed E-state index contributed by atoms with van der Waals surface area (Å²) in [6.07, 6.45) is 1.25. The van der Waals surface area contributed by atoms with E-state index in [9.17, 15) is 4.79 Å². The fourth-order valence-electron chi connectivity index (χ4n) is 2.81. The van der Waals surface area contributed by atoms with Crippen LogP contribution in [0.3, 0.4) is 0 Å². The van der Waals surface area contributed by atoms with Crippen LogP contribution in [0.25, 0.3) is 0 Å². The van der Waals surface area contributed by atoms with Gasteiger partial charge in [-0.15, -0.1) is 0 Å². The number of rotatable bonds is 1. The van der Waals surface area contributed by atoms with Crippen molar-refractivity contribution in [3.63, 3.8) is 0 Å². The number of nitrogens with one attached hydrogen (secondary N) is 1. The molecule has 1 N–H and O–H groups in total. The van der Waals surface area contributed by atoms with E-state index in [2.05, 4.69) is 19.2 Å². The van der Waals surface area contributed by atoms with Crippen LogP contribution in [0.4, 0.5) is 0 Å². The molecule has 2 nitrogen and oxygen atoms in total. The van der Waals surface area contributed by atoms with Gasteiger partial charge < -0.3 is 5.32 Å². The minimum absolute atomic E-state index is 0.144. The second kappa shape index (κ2) is 2.32. The molecule has 0 amide bonds. The summed E-state index contributed by atoms with van der Waals surface area (Å²) in [5.74, 6) is 1.71. The molecule has 2 heteroatoms. The SMILES string of the molecule is CC(=O)[C@H]1NCC2CC1C2(C)C. The standard InChI is InChI=1S/C10H17NO/c1-6(12)9-8-4-7(5-11-9)10(8,2)3/h7-9,11H,4-5H2,1-3H3/t7?,8?,9-/m1/s1. The summed E-state index contributed by atoms with van der Waals surface area (Å²) in [5.41, 5.74) is 0.404. The predicted molar refractivity (Wildman–Crippen MR) is 47.8 cm³/mol. The van der Waals surface area contributed by atoms with Crippen molar-refractivity contribution < 1.29 is 4.79 Å². The summed E-state index contributed by atoms with van der Waals surface area (Å²) >= 11 is 0. The van der Waals surface area contributed by atoms with Gasteiger partial charge in [-0.05, 0) is 37.1 Å². The smallest absolute Gasteiger partial charge is 0.146 e. The minimum atomic E-state index is 0.144. The first-order valence-electron chi connectivity index (χ1n) is 4.77. The number of fused-ring (bicyclic) bond motifs is 2. The summed E-state index contributed by atoms with van der Waals surface area (Å²) in [6, 6.07) is 0.144. The summed E-state index contributed by atoms with van der Waals surface area (Å²) in [5, 5.41) is 3.32. The summed E-state index contributed by atoms with van der Waals surface area (Å²) < 4.78 is 0. The molecule has 1 saturated carbocycles. The zero-order chi connectivity index (χ0) is 8.93. The Balaban J connectivity index is 2.16. The van der Waals surface area contributed by atoms with Gasteiger partial charge in [0.1, 0.15) is 5.78 Å². The van der Waals surface area contributed by atoms with Gasteiger partial charge >= 0.3 is 0 Å². The average Bonchev–Trinajstić information content (AvgIpc) is 2.04. The molecule has 2 bridgehead atoms. The van der Waals surface area contributed by atoms with Crippen LogP contribution >= 0.6 is 0 Å². The number of Topliss-reactive ketones (excluding diaryl/α,β-unsaturated/α-hetero) is 1. The van der Waals surface area contributed by atoms with Crippen LogP contribution in [0.5, 0.6) is 0 Å². The average molecular weight is 167 g/mol. The summed E-state index contributed by atoms with van der Waals surface area (Å²) in [7, 11) is 0. The number of hydrogen-bond donors (Lipinski definition) is 1. The van der Waals surface area contributed by atoms with E-state index in [1.54, 1.807) is 6.92 Å². The van der Waals surface area contributed by atoms with Crippen molar-refractivity contribution in [1.29, 1.82) is 0 Å². The topological polar surface area (TPSA) is 29.1 Å². The Bertz CT molecular complexity index is 220. The van der Waals surface area contributed by atoms with Crippen LogP contribution in [0.2, 0.25) is 0 Å². The minimum Gasteiger partial charge on any atom is -0.307 e. The molecular formula is C10H17NO. The van der Waals surface area contributed by atoms with Crippen molar-refractivity contribution in [1.82, 2.24) is 5.32 Å². The number of piperidine rings is 2. The molecule has 2 aliphatic heterocycles. The van der Waals surface area contributed by atoms with Gasteiger partial charge in [0.05, 0.1) is 6.04 Å². The Hall–Kier alpha value is -0.370. The van der Waals surface area contributed by atoms with Crippen molar-refractivity contribution in [2.75, 3.05) is 6.54 Å². The molecule has 1 aliphatic carbocycles. The van der Waals surface area contributed by atoms with E-state index in [1.807, 2.05) is 0 Å². The highest BCUT2D eigenvalue weighted by molar-refractivity contribution is 5.82. The van der Waals surface area contributed by atoms with Crippen LogP contribution in [0, 0.1) is 17.3 Å². The van der Waals surface area contributed by atoms with E-state index in [0.29, 0.717) is 17.1 Å². The lowest BCUT2D eigenvalue weighted by Gasteiger charge is -2.59. The van der Waals surface area contributed by atoms with Crippen LogP contribution in [0.15, 0.2) is 0 Å². The Morgan fingerprint density at radius 3 is 2.50 bits per heavy atom. The molecule has 3 atom stereocenters. The molecule has 3 fully saturated rings. The fourth-order valence-corrected chi connectivity index (χ4v) is 2.81. The Kier molecular flexibility index (Phi) is 1.59. The van der Waals surface area contributed by atoms with E-state index in [4.69, 9.17) is 0 Å².